The molecule has 2 rings (SSSR count). The van der Waals surface area contributed by atoms with Gasteiger partial charge >= 0.3 is 0 Å². The van der Waals surface area contributed by atoms with E-state index in [-0.39, 0.29) is 18.2 Å². The summed E-state index contributed by atoms with van der Waals surface area (Å²) in [5, 5.41) is 2.73. The second-order valence-electron chi connectivity index (χ2n) is 3.94. The first-order valence-corrected chi connectivity index (χ1v) is 7.04. The monoisotopic (exact) mass is 254 g/mol. The SMILES string of the molecule is CCS(=O)(=O)NCc1ccc2c(c1)CC(=O)N2. The molecule has 5 nitrogen and oxygen atoms in total. The predicted molar refractivity (Wildman–Crippen MR) is 65.1 cm³/mol. The smallest absolute Gasteiger partial charge is 0.228 e. The lowest BCUT2D eigenvalue weighted by molar-refractivity contribution is -0.115. The van der Waals surface area contributed by atoms with Crippen LogP contribution in [0.4, 0.5) is 5.69 Å². The molecule has 0 saturated heterocycles. The van der Waals surface area contributed by atoms with Gasteiger partial charge in [0.1, 0.15) is 0 Å². The average molecular weight is 254 g/mol. The van der Waals surface area contributed by atoms with Crippen molar-refractivity contribution in [3.05, 3.63) is 29.3 Å². The molecule has 0 saturated carbocycles. The lowest BCUT2D eigenvalue weighted by Crippen LogP contribution is -2.24. The fourth-order valence-electron chi connectivity index (χ4n) is 1.69. The molecule has 2 N–H and O–H groups in total. The van der Waals surface area contributed by atoms with Gasteiger partial charge in [-0.05, 0) is 24.1 Å². The molecule has 0 atom stereocenters. The summed E-state index contributed by atoms with van der Waals surface area (Å²) in [6.07, 6.45) is 0.365. The number of fused-ring (bicyclic) bond motifs is 1. The van der Waals surface area contributed by atoms with E-state index in [0.29, 0.717) is 6.42 Å². The number of rotatable bonds is 4. The van der Waals surface area contributed by atoms with Crippen molar-refractivity contribution in [2.24, 2.45) is 0 Å². The van der Waals surface area contributed by atoms with Crippen molar-refractivity contribution in [3.8, 4) is 0 Å². The van der Waals surface area contributed by atoms with E-state index in [1.165, 1.54) is 0 Å². The quantitative estimate of drug-likeness (QED) is 0.827. The molecule has 0 radical (unpaired) electrons. The highest BCUT2D eigenvalue weighted by molar-refractivity contribution is 7.89. The molecule has 1 amide bonds. The van der Waals surface area contributed by atoms with Crippen LogP contribution in [-0.4, -0.2) is 20.1 Å². The normalized spacial score (nSPS) is 14.5. The van der Waals surface area contributed by atoms with E-state index in [2.05, 4.69) is 10.0 Å². The minimum Gasteiger partial charge on any atom is -0.326 e. The molecule has 0 spiro atoms. The van der Waals surface area contributed by atoms with E-state index < -0.39 is 10.0 Å². The Kier molecular flexibility index (Phi) is 3.17. The number of amides is 1. The number of carbonyl (C=O) groups is 1. The minimum absolute atomic E-state index is 0.0220. The number of hydrogen-bond donors (Lipinski definition) is 2. The van der Waals surface area contributed by atoms with Crippen LogP contribution in [0.15, 0.2) is 18.2 Å². The fraction of sp³-hybridized carbons (Fsp3) is 0.364. The number of carbonyl (C=O) groups excluding carboxylic acids is 1. The fourth-order valence-corrected chi connectivity index (χ4v) is 2.28. The highest BCUT2D eigenvalue weighted by Gasteiger charge is 2.17. The summed E-state index contributed by atoms with van der Waals surface area (Å²) < 4.78 is 25.1. The zero-order valence-electron chi connectivity index (χ0n) is 9.49. The Labute approximate surface area is 100 Å². The van der Waals surface area contributed by atoms with E-state index in [1.54, 1.807) is 13.0 Å². The molecule has 0 aromatic heterocycles. The molecule has 1 aromatic carbocycles. The van der Waals surface area contributed by atoms with Crippen molar-refractivity contribution in [1.29, 1.82) is 0 Å². The Balaban J connectivity index is 2.09. The number of anilines is 1. The molecular weight excluding hydrogens is 240 g/mol. The van der Waals surface area contributed by atoms with Gasteiger partial charge in [-0.1, -0.05) is 12.1 Å². The van der Waals surface area contributed by atoms with Gasteiger partial charge in [0.2, 0.25) is 15.9 Å². The van der Waals surface area contributed by atoms with E-state index in [0.717, 1.165) is 16.8 Å². The lowest BCUT2D eigenvalue weighted by Gasteiger charge is -2.06. The van der Waals surface area contributed by atoms with Gasteiger partial charge in [-0.3, -0.25) is 4.79 Å². The van der Waals surface area contributed by atoms with Crippen LogP contribution < -0.4 is 10.0 Å². The van der Waals surface area contributed by atoms with Crippen LogP contribution in [0.1, 0.15) is 18.1 Å². The standard InChI is InChI=1S/C11H14N2O3S/c1-2-17(15,16)12-7-8-3-4-10-9(5-8)6-11(14)13-10/h3-5,12H,2,6-7H2,1H3,(H,13,14). The summed E-state index contributed by atoms with van der Waals surface area (Å²) in [5.74, 6) is 0.0455. The van der Waals surface area contributed by atoms with Crippen molar-refractivity contribution in [2.45, 2.75) is 19.9 Å². The maximum atomic E-state index is 11.3. The molecule has 1 aliphatic rings. The first kappa shape index (κ1) is 12.1. The van der Waals surface area contributed by atoms with Gasteiger partial charge < -0.3 is 5.32 Å². The molecule has 1 aliphatic heterocycles. The van der Waals surface area contributed by atoms with Crippen LogP contribution >= 0.6 is 0 Å². The van der Waals surface area contributed by atoms with Gasteiger partial charge in [0.25, 0.3) is 0 Å². The number of nitrogens with one attached hydrogen (secondary N) is 2. The van der Waals surface area contributed by atoms with Crippen LogP contribution in [0.5, 0.6) is 0 Å². The van der Waals surface area contributed by atoms with E-state index in [9.17, 15) is 13.2 Å². The second-order valence-corrected chi connectivity index (χ2v) is 6.04. The zero-order chi connectivity index (χ0) is 12.5. The van der Waals surface area contributed by atoms with Gasteiger partial charge in [0.05, 0.1) is 12.2 Å². The number of hydrogen-bond acceptors (Lipinski definition) is 3. The van der Waals surface area contributed by atoms with E-state index in [1.807, 2.05) is 12.1 Å². The molecule has 0 aliphatic carbocycles. The van der Waals surface area contributed by atoms with Crippen molar-refractivity contribution in [3.63, 3.8) is 0 Å². The Hall–Kier alpha value is -1.40. The third-order valence-corrected chi connectivity index (χ3v) is 4.02. The summed E-state index contributed by atoms with van der Waals surface area (Å²) in [7, 11) is -3.18. The number of benzene rings is 1. The molecule has 17 heavy (non-hydrogen) atoms. The van der Waals surface area contributed by atoms with Crippen LogP contribution in [0.3, 0.4) is 0 Å². The lowest BCUT2D eigenvalue weighted by atomic mass is 10.1. The van der Waals surface area contributed by atoms with Crippen LogP contribution in [-0.2, 0) is 27.8 Å². The van der Waals surface area contributed by atoms with Crippen LogP contribution in [0.25, 0.3) is 0 Å². The summed E-state index contributed by atoms with van der Waals surface area (Å²) in [6, 6.07) is 5.46. The molecule has 1 heterocycles. The van der Waals surface area contributed by atoms with Gasteiger partial charge in [0.15, 0.2) is 0 Å². The highest BCUT2D eigenvalue weighted by atomic mass is 32.2. The van der Waals surface area contributed by atoms with Crippen molar-refractivity contribution in [1.82, 2.24) is 4.72 Å². The van der Waals surface area contributed by atoms with Crippen molar-refractivity contribution < 1.29 is 13.2 Å². The zero-order valence-corrected chi connectivity index (χ0v) is 10.3. The first-order chi connectivity index (χ1) is 8.00. The van der Waals surface area contributed by atoms with Gasteiger partial charge in [-0.15, -0.1) is 0 Å². The van der Waals surface area contributed by atoms with E-state index >= 15 is 0 Å². The maximum absolute atomic E-state index is 11.3. The third-order valence-electron chi connectivity index (χ3n) is 2.67. The second kappa shape index (κ2) is 4.46. The average Bonchev–Trinajstić information content (AvgIpc) is 2.66. The molecule has 0 unspecified atom stereocenters. The minimum atomic E-state index is -3.18. The highest BCUT2D eigenvalue weighted by Crippen LogP contribution is 2.23. The molecular formula is C11H14N2O3S. The summed E-state index contributed by atoms with van der Waals surface area (Å²) in [6.45, 7) is 1.85. The third kappa shape index (κ3) is 2.83. The molecule has 0 bridgehead atoms. The van der Waals surface area contributed by atoms with Crippen LogP contribution in [0, 0.1) is 0 Å². The molecule has 6 heteroatoms. The summed E-state index contributed by atoms with van der Waals surface area (Å²) in [5.41, 5.74) is 2.59. The van der Waals surface area contributed by atoms with Gasteiger partial charge in [-0.25, -0.2) is 13.1 Å². The summed E-state index contributed by atoms with van der Waals surface area (Å²) in [4.78, 5) is 11.2. The summed E-state index contributed by atoms with van der Waals surface area (Å²) >= 11 is 0. The topological polar surface area (TPSA) is 75.3 Å². The first-order valence-electron chi connectivity index (χ1n) is 5.39. The Morgan fingerprint density at radius 2 is 2.18 bits per heavy atom. The van der Waals surface area contributed by atoms with Gasteiger partial charge in [0, 0.05) is 12.2 Å². The molecule has 0 fully saturated rings. The largest absolute Gasteiger partial charge is 0.326 e. The molecule has 1 aromatic rings. The molecule has 92 valence electrons. The predicted octanol–water partition coefficient (Wildman–Crippen LogP) is 0.620. The Morgan fingerprint density at radius 3 is 2.88 bits per heavy atom. The van der Waals surface area contributed by atoms with Crippen LogP contribution in [0.2, 0.25) is 0 Å². The van der Waals surface area contributed by atoms with Crippen molar-refractivity contribution >= 4 is 21.6 Å². The number of sulfonamides is 1. The maximum Gasteiger partial charge on any atom is 0.228 e. The van der Waals surface area contributed by atoms with E-state index in [4.69, 9.17) is 0 Å². The Morgan fingerprint density at radius 1 is 1.41 bits per heavy atom. The van der Waals surface area contributed by atoms with Crippen molar-refractivity contribution in [2.75, 3.05) is 11.1 Å². The Bertz CT molecular complexity index is 552. The van der Waals surface area contributed by atoms with Gasteiger partial charge in [-0.2, -0.15) is 0 Å².